The summed E-state index contributed by atoms with van der Waals surface area (Å²) in [5.41, 5.74) is 0.837. The largest absolute Gasteiger partial charge is 0.486 e. The number of nitrogens with zero attached hydrogens (tertiary/aromatic N) is 2. The van der Waals surface area contributed by atoms with Crippen LogP contribution in [0.1, 0.15) is 12.2 Å². The summed E-state index contributed by atoms with van der Waals surface area (Å²) in [5.74, 6) is -0.372. The van der Waals surface area contributed by atoms with Gasteiger partial charge in [-0.25, -0.2) is 8.78 Å². The standard InChI is InChI=1S/C19H17F2N3O3/c20-12-5-6-14(15(21)9-12)19-23-18(24-27-19)10-22-16-3-1-2-4-17(16)26-13-7-8-25-11-13/h1-6,9,13,22H,7-8,10-11H2. The molecule has 0 radical (unpaired) electrons. The van der Waals surface area contributed by atoms with E-state index in [2.05, 4.69) is 15.5 Å². The van der Waals surface area contributed by atoms with E-state index in [1.807, 2.05) is 24.3 Å². The van der Waals surface area contributed by atoms with E-state index in [4.69, 9.17) is 14.0 Å². The fourth-order valence-electron chi connectivity index (χ4n) is 2.77. The van der Waals surface area contributed by atoms with Crippen LogP contribution in [-0.2, 0) is 11.3 Å². The van der Waals surface area contributed by atoms with Crippen molar-refractivity contribution in [2.24, 2.45) is 0 Å². The molecular weight excluding hydrogens is 356 g/mol. The zero-order valence-electron chi connectivity index (χ0n) is 14.3. The minimum atomic E-state index is -0.754. The molecule has 0 saturated carbocycles. The highest BCUT2D eigenvalue weighted by Gasteiger charge is 2.19. The summed E-state index contributed by atoms with van der Waals surface area (Å²) in [4.78, 5) is 4.16. The number of para-hydroxylation sites is 2. The van der Waals surface area contributed by atoms with Gasteiger partial charge in [0.15, 0.2) is 5.82 Å². The Balaban J connectivity index is 1.44. The van der Waals surface area contributed by atoms with Crippen LogP contribution in [0.4, 0.5) is 14.5 Å². The first-order valence-electron chi connectivity index (χ1n) is 8.54. The van der Waals surface area contributed by atoms with Gasteiger partial charge in [-0.15, -0.1) is 0 Å². The van der Waals surface area contributed by atoms with Crippen LogP contribution >= 0.6 is 0 Å². The van der Waals surface area contributed by atoms with Crippen molar-refractivity contribution in [2.45, 2.75) is 19.1 Å². The molecule has 3 aromatic rings. The van der Waals surface area contributed by atoms with Crippen molar-refractivity contribution in [1.82, 2.24) is 10.1 Å². The molecule has 2 aromatic carbocycles. The van der Waals surface area contributed by atoms with E-state index >= 15 is 0 Å². The number of rotatable bonds is 6. The number of hydrogen-bond acceptors (Lipinski definition) is 6. The molecule has 27 heavy (non-hydrogen) atoms. The van der Waals surface area contributed by atoms with Gasteiger partial charge in [0, 0.05) is 12.5 Å². The van der Waals surface area contributed by atoms with E-state index in [1.165, 1.54) is 6.07 Å². The normalized spacial score (nSPS) is 16.4. The predicted molar refractivity (Wildman–Crippen MR) is 93.3 cm³/mol. The quantitative estimate of drug-likeness (QED) is 0.709. The lowest BCUT2D eigenvalue weighted by atomic mass is 10.2. The molecule has 4 rings (SSSR count). The monoisotopic (exact) mass is 373 g/mol. The van der Waals surface area contributed by atoms with Gasteiger partial charge in [-0.3, -0.25) is 0 Å². The van der Waals surface area contributed by atoms with E-state index < -0.39 is 11.6 Å². The van der Waals surface area contributed by atoms with Crippen molar-refractivity contribution in [3.8, 4) is 17.2 Å². The molecule has 0 amide bonds. The van der Waals surface area contributed by atoms with Gasteiger partial charge in [-0.05, 0) is 24.3 Å². The molecule has 1 saturated heterocycles. The third kappa shape index (κ3) is 4.06. The lowest BCUT2D eigenvalue weighted by molar-refractivity contribution is 0.142. The van der Waals surface area contributed by atoms with E-state index in [-0.39, 0.29) is 24.1 Å². The fourth-order valence-corrected chi connectivity index (χ4v) is 2.77. The highest BCUT2D eigenvalue weighted by molar-refractivity contribution is 5.57. The molecule has 0 aliphatic carbocycles. The van der Waals surface area contributed by atoms with Crippen molar-refractivity contribution in [2.75, 3.05) is 18.5 Å². The molecule has 1 aliphatic heterocycles. The maximum Gasteiger partial charge on any atom is 0.260 e. The first-order chi connectivity index (χ1) is 13.2. The third-order valence-corrected chi connectivity index (χ3v) is 4.14. The van der Waals surface area contributed by atoms with Crippen LogP contribution in [0.15, 0.2) is 47.0 Å². The topological polar surface area (TPSA) is 69.4 Å². The second-order valence-corrected chi connectivity index (χ2v) is 6.09. The zero-order valence-corrected chi connectivity index (χ0v) is 14.3. The Morgan fingerprint density at radius 2 is 2.07 bits per heavy atom. The van der Waals surface area contributed by atoms with Gasteiger partial charge in [0.25, 0.3) is 5.89 Å². The average molecular weight is 373 g/mol. The molecular formula is C19H17F2N3O3. The molecule has 1 N–H and O–H groups in total. The molecule has 6 nitrogen and oxygen atoms in total. The van der Waals surface area contributed by atoms with Crippen molar-refractivity contribution in [3.63, 3.8) is 0 Å². The average Bonchev–Trinajstić information content (AvgIpc) is 3.33. The first-order valence-corrected chi connectivity index (χ1v) is 8.54. The van der Waals surface area contributed by atoms with Gasteiger partial charge in [0.05, 0.1) is 31.0 Å². The van der Waals surface area contributed by atoms with E-state index in [9.17, 15) is 8.78 Å². The first kappa shape index (κ1) is 17.4. The summed E-state index contributed by atoms with van der Waals surface area (Å²) in [6, 6.07) is 10.7. The molecule has 2 heterocycles. The highest BCUT2D eigenvalue weighted by atomic mass is 19.1. The van der Waals surface area contributed by atoms with Crippen LogP contribution in [0.2, 0.25) is 0 Å². The number of hydrogen-bond donors (Lipinski definition) is 1. The molecule has 1 aliphatic rings. The molecule has 1 fully saturated rings. The minimum absolute atomic E-state index is 0.00283. The highest BCUT2D eigenvalue weighted by Crippen LogP contribution is 2.27. The van der Waals surface area contributed by atoms with Gasteiger partial charge >= 0.3 is 0 Å². The van der Waals surface area contributed by atoms with Crippen molar-refractivity contribution < 1.29 is 22.8 Å². The Morgan fingerprint density at radius 1 is 1.19 bits per heavy atom. The summed E-state index contributed by atoms with van der Waals surface area (Å²) in [6.45, 7) is 1.53. The Kier molecular flexibility index (Phi) is 4.97. The Hall–Kier alpha value is -3.00. The summed E-state index contributed by atoms with van der Waals surface area (Å²) in [7, 11) is 0. The smallest absolute Gasteiger partial charge is 0.260 e. The maximum atomic E-state index is 13.8. The molecule has 1 unspecified atom stereocenters. The summed E-state index contributed by atoms with van der Waals surface area (Å²) in [6.07, 6.45) is 0.886. The van der Waals surface area contributed by atoms with Crippen molar-refractivity contribution in [1.29, 1.82) is 0 Å². The van der Waals surface area contributed by atoms with Crippen molar-refractivity contribution in [3.05, 3.63) is 59.9 Å². The van der Waals surface area contributed by atoms with Crippen LogP contribution in [0.3, 0.4) is 0 Å². The summed E-state index contributed by atoms with van der Waals surface area (Å²) >= 11 is 0. The lowest BCUT2D eigenvalue weighted by Crippen LogP contribution is -2.16. The fraction of sp³-hybridized carbons (Fsp3) is 0.263. The molecule has 0 spiro atoms. The number of aromatic nitrogens is 2. The van der Waals surface area contributed by atoms with Gasteiger partial charge in [0.1, 0.15) is 23.5 Å². The third-order valence-electron chi connectivity index (χ3n) is 4.14. The maximum absolute atomic E-state index is 13.8. The van der Waals surface area contributed by atoms with Crippen LogP contribution in [0.5, 0.6) is 5.75 Å². The number of nitrogens with one attached hydrogen (secondary N) is 1. The molecule has 1 atom stereocenters. The van der Waals surface area contributed by atoms with Crippen LogP contribution in [0, 0.1) is 11.6 Å². The minimum Gasteiger partial charge on any atom is -0.486 e. The van der Waals surface area contributed by atoms with E-state index in [1.54, 1.807) is 0 Å². The van der Waals surface area contributed by atoms with Crippen LogP contribution < -0.4 is 10.1 Å². The Labute approximate surface area is 154 Å². The number of halogens is 2. The van der Waals surface area contributed by atoms with Crippen LogP contribution in [-0.4, -0.2) is 29.5 Å². The molecule has 1 aromatic heterocycles. The second kappa shape index (κ2) is 7.71. The lowest BCUT2D eigenvalue weighted by Gasteiger charge is -2.15. The SMILES string of the molecule is Fc1ccc(-c2nc(CNc3ccccc3OC3CCOC3)no2)c(F)c1. The van der Waals surface area contributed by atoms with Gasteiger partial charge in [-0.2, -0.15) is 4.98 Å². The van der Waals surface area contributed by atoms with Crippen LogP contribution in [0.25, 0.3) is 11.5 Å². The summed E-state index contributed by atoms with van der Waals surface area (Å²) < 4.78 is 43.2. The number of anilines is 1. The predicted octanol–water partition coefficient (Wildman–Crippen LogP) is 3.79. The number of benzene rings is 2. The zero-order chi connectivity index (χ0) is 18.6. The van der Waals surface area contributed by atoms with Gasteiger partial charge < -0.3 is 19.3 Å². The van der Waals surface area contributed by atoms with E-state index in [0.29, 0.717) is 24.8 Å². The number of ether oxygens (including phenoxy) is 2. The summed E-state index contributed by atoms with van der Waals surface area (Å²) in [5, 5.41) is 7.02. The molecule has 140 valence electrons. The van der Waals surface area contributed by atoms with Gasteiger partial charge in [0.2, 0.25) is 0 Å². The molecule has 8 heteroatoms. The second-order valence-electron chi connectivity index (χ2n) is 6.09. The van der Waals surface area contributed by atoms with Crippen molar-refractivity contribution >= 4 is 5.69 Å². The van der Waals surface area contributed by atoms with Gasteiger partial charge in [-0.1, -0.05) is 17.3 Å². The Bertz CT molecular complexity index is 926. The Morgan fingerprint density at radius 3 is 2.89 bits per heavy atom. The van der Waals surface area contributed by atoms with E-state index in [0.717, 1.165) is 24.2 Å². The molecule has 0 bridgehead atoms.